The van der Waals surface area contributed by atoms with E-state index in [1.165, 1.54) is 30.5 Å². The number of ether oxygens (including phenoxy) is 1. The molecule has 0 radical (unpaired) electrons. The van der Waals surface area contributed by atoms with Crippen LogP contribution >= 0.6 is 0 Å². The van der Waals surface area contributed by atoms with Crippen LogP contribution in [-0.4, -0.2) is 49.0 Å². The lowest BCUT2D eigenvalue weighted by Gasteiger charge is -2.24. The van der Waals surface area contributed by atoms with Crippen molar-refractivity contribution in [2.75, 3.05) is 20.3 Å². The number of halogens is 1. The van der Waals surface area contributed by atoms with Crippen LogP contribution in [0.5, 0.6) is 0 Å². The number of aromatic nitrogens is 2. The van der Waals surface area contributed by atoms with Gasteiger partial charge in [0.1, 0.15) is 5.82 Å². The van der Waals surface area contributed by atoms with Crippen molar-refractivity contribution in [3.05, 3.63) is 83.4 Å². The Hall–Kier alpha value is -3.04. The monoisotopic (exact) mass is 485 g/mol. The molecule has 0 spiro atoms. The van der Waals surface area contributed by atoms with E-state index in [4.69, 9.17) is 4.74 Å². The van der Waals surface area contributed by atoms with E-state index >= 15 is 0 Å². The molecule has 1 saturated carbocycles. The van der Waals surface area contributed by atoms with Gasteiger partial charge in [0, 0.05) is 25.8 Å². The Morgan fingerprint density at radius 2 is 1.85 bits per heavy atom. The molecule has 1 fully saturated rings. The van der Waals surface area contributed by atoms with Crippen LogP contribution in [0.3, 0.4) is 0 Å². The highest BCUT2D eigenvalue weighted by Gasteiger charge is 2.30. The van der Waals surface area contributed by atoms with Crippen molar-refractivity contribution in [1.82, 2.24) is 14.5 Å². The van der Waals surface area contributed by atoms with Gasteiger partial charge in [0.25, 0.3) is 5.91 Å². The van der Waals surface area contributed by atoms with Gasteiger partial charge in [0.05, 0.1) is 30.8 Å². The molecule has 1 aliphatic carbocycles. The van der Waals surface area contributed by atoms with Gasteiger partial charge in [-0.05, 0) is 48.6 Å². The Morgan fingerprint density at radius 1 is 1.15 bits per heavy atom. The number of methoxy groups -OCH3 is 1. The zero-order valence-electron chi connectivity index (χ0n) is 19.1. The highest BCUT2D eigenvalue weighted by molar-refractivity contribution is 7.90. The van der Waals surface area contributed by atoms with Gasteiger partial charge in [-0.2, -0.15) is 0 Å². The lowest BCUT2D eigenvalue weighted by Crippen LogP contribution is -2.33. The number of benzene rings is 2. The number of carbonyl (C=O) groups excluding carboxylic acids is 1. The molecule has 0 saturated heterocycles. The van der Waals surface area contributed by atoms with E-state index in [1.54, 1.807) is 40.8 Å². The van der Waals surface area contributed by atoms with E-state index < -0.39 is 15.7 Å². The minimum atomic E-state index is -3.73. The molecule has 0 aliphatic heterocycles. The van der Waals surface area contributed by atoms with E-state index in [0.29, 0.717) is 35.9 Å². The van der Waals surface area contributed by atoms with Crippen LogP contribution in [-0.2, 0) is 33.4 Å². The third kappa shape index (κ3) is 5.90. The van der Waals surface area contributed by atoms with E-state index in [1.807, 2.05) is 6.07 Å². The molecule has 180 valence electrons. The maximum atomic E-state index is 13.4. The molecule has 2 aromatic carbocycles. The van der Waals surface area contributed by atoms with Crippen LogP contribution in [0.15, 0.2) is 66.0 Å². The Labute approximate surface area is 199 Å². The molecule has 7 nitrogen and oxygen atoms in total. The Bertz CT molecular complexity index is 1220. The maximum absolute atomic E-state index is 13.4. The molecule has 34 heavy (non-hydrogen) atoms. The average Bonchev–Trinajstić information content (AvgIpc) is 3.55. The van der Waals surface area contributed by atoms with Crippen LogP contribution in [0, 0.1) is 11.7 Å². The fourth-order valence-corrected chi connectivity index (χ4v) is 5.37. The Balaban J connectivity index is 1.63. The lowest BCUT2D eigenvalue weighted by molar-refractivity contribution is 0.0729. The van der Waals surface area contributed by atoms with Gasteiger partial charge in [0.15, 0.2) is 0 Å². The van der Waals surface area contributed by atoms with Crippen molar-refractivity contribution < 1.29 is 22.3 Å². The molecule has 1 aliphatic rings. The summed E-state index contributed by atoms with van der Waals surface area (Å²) < 4.78 is 46.6. The summed E-state index contributed by atoms with van der Waals surface area (Å²) in [5.74, 6) is -0.380. The molecule has 9 heteroatoms. The maximum Gasteiger partial charge on any atom is 0.254 e. The summed E-state index contributed by atoms with van der Waals surface area (Å²) in [7, 11) is -2.18. The van der Waals surface area contributed by atoms with Gasteiger partial charge in [-0.15, -0.1) is 0 Å². The van der Waals surface area contributed by atoms with Crippen molar-refractivity contribution in [1.29, 1.82) is 0 Å². The largest absolute Gasteiger partial charge is 0.383 e. The zero-order chi connectivity index (χ0) is 24.1. The van der Waals surface area contributed by atoms with E-state index in [-0.39, 0.29) is 29.9 Å². The number of amides is 1. The van der Waals surface area contributed by atoms with Crippen molar-refractivity contribution in [2.45, 2.75) is 36.8 Å². The summed E-state index contributed by atoms with van der Waals surface area (Å²) in [6, 6.07) is 14.4. The first-order valence-electron chi connectivity index (χ1n) is 11.2. The predicted octanol–water partition coefficient (Wildman–Crippen LogP) is 3.69. The summed E-state index contributed by atoms with van der Waals surface area (Å²) in [6.45, 7) is 1.34. The fraction of sp³-hybridized carbons (Fsp3) is 0.360. The SMILES string of the molecule is COCCn1c(CN(CC2CC2)C(=O)c2ccc(F)cc2)cnc1S(=O)(=O)Cc1ccccc1. The summed E-state index contributed by atoms with van der Waals surface area (Å²) in [5, 5.41) is -0.0380. The molecule has 1 heterocycles. The normalized spacial score (nSPS) is 13.7. The first-order chi connectivity index (χ1) is 16.4. The third-order valence-electron chi connectivity index (χ3n) is 5.81. The van der Waals surface area contributed by atoms with Gasteiger partial charge >= 0.3 is 0 Å². The van der Waals surface area contributed by atoms with Gasteiger partial charge < -0.3 is 14.2 Å². The summed E-state index contributed by atoms with van der Waals surface area (Å²) in [6.07, 6.45) is 3.62. The Morgan fingerprint density at radius 3 is 2.50 bits per heavy atom. The van der Waals surface area contributed by atoms with Crippen LogP contribution in [0.25, 0.3) is 0 Å². The van der Waals surface area contributed by atoms with E-state index in [9.17, 15) is 17.6 Å². The summed E-state index contributed by atoms with van der Waals surface area (Å²) in [5.41, 5.74) is 1.67. The molecule has 0 atom stereocenters. The Kier molecular flexibility index (Phi) is 7.43. The zero-order valence-corrected chi connectivity index (χ0v) is 19.9. The van der Waals surface area contributed by atoms with Gasteiger partial charge in [-0.3, -0.25) is 4.79 Å². The fourth-order valence-electron chi connectivity index (χ4n) is 3.85. The third-order valence-corrected chi connectivity index (χ3v) is 7.40. The number of sulfone groups is 1. The number of hydrogen-bond donors (Lipinski definition) is 0. The van der Waals surface area contributed by atoms with Crippen LogP contribution in [0.1, 0.15) is 34.5 Å². The second-order valence-electron chi connectivity index (χ2n) is 8.56. The number of carbonyl (C=O) groups is 1. The quantitative estimate of drug-likeness (QED) is 0.414. The highest BCUT2D eigenvalue weighted by Crippen LogP contribution is 2.31. The van der Waals surface area contributed by atoms with Crippen LogP contribution in [0.2, 0.25) is 0 Å². The predicted molar refractivity (Wildman–Crippen MR) is 125 cm³/mol. The van der Waals surface area contributed by atoms with E-state index in [2.05, 4.69) is 4.98 Å². The molecule has 1 amide bonds. The molecule has 4 rings (SSSR count). The molecule has 0 N–H and O–H groups in total. The standard InChI is InChI=1S/C25H28FN3O4S/c1-33-14-13-29-23(15-27-25(29)34(31,32)18-20-5-3-2-4-6-20)17-28(16-19-7-8-19)24(30)21-9-11-22(26)12-10-21/h2-6,9-12,15,19H,7-8,13-14,16-18H2,1H3. The van der Waals surface area contributed by atoms with Gasteiger partial charge in [-0.25, -0.2) is 17.8 Å². The van der Waals surface area contributed by atoms with Crippen molar-refractivity contribution in [3.63, 3.8) is 0 Å². The van der Waals surface area contributed by atoms with E-state index in [0.717, 1.165) is 12.8 Å². The topological polar surface area (TPSA) is 81.5 Å². The minimum absolute atomic E-state index is 0.0380. The number of imidazole rings is 1. The molecular weight excluding hydrogens is 457 g/mol. The second-order valence-corrected chi connectivity index (χ2v) is 10.4. The molecule has 0 bridgehead atoms. The number of nitrogens with zero attached hydrogens (tertiary/aromatic N) is 3. The lowest BCUT2D eigenvalue weighted by atomic mass is 10.2. The molecular formula is C25H28FN3O4S. The van der Waals surface area contributed by atoms with Crippen molar-refractivity contribution in [3.8, 4) is 0 Å². The summed E-state index contributed by atoms with van der Waals surface area (Å²) >= 11 is 0. The second kappa shape index (κ2) is 10.5. The minimum Gasteiger partial charge on any atom is -0.383 e. The average molecular weight is 486 g/mol. The number of hydrogen-bond acceptors (Lipinski definition) is 5. The van der Waals surface area contributed by atoms with Crippen LogP contribution < -0.4 is 0 Å². The van der Waals surface area contributed by atoms with Crippen molar-refractivity contribution in [2.24, 2.45) is 5.92 Å². The molecule has 1 aromatic heterocycles. The smallest absolute Gasteiger partial charge is 0.254 e. The van der Waals surface area contributed by atoms with Crippen LogP contribution in [0.4, 0.5) is 4.39 Å². The highest BCUT2D eigenvalue weighted by atomic mass is 32.2. The molecule has 3 aromatic rings. The number of rotatable bonds is 11. The first kappa shape index (κ1) is 24.1. The van der Waals surface area contributed by atoms with Crippen molar-refractivity contribution >= 4 is 15.7 Å². The first-order valence-corrected chi connectivity index (χ1v) is 12.9. The van der Waals surface area contributed by atoms with Gasteiger partial charge in [-0.1, -0.05) is 30.3 Å². The molecule has 0 unspecified atom stereocenters. The summed E-state index contributed by atoms with van der Waals surface area (Å²) in [4.78, 5) is 19.2. The van der Waals surface area contributed by atoms with Gasteiger partial charge in [0.2, 0.25) is 15.0 Å².